The molecule has 0 radical (unpaired) electrons. The highest BCUT2D eigenvalue weighted by molar-refractivity contribution is 6.30. The highest BCUT2D eigenvalue weighted by atomic mass is 35.5. The molecule has 2 nitrogen and oxygen atoms in total. The second-order valence-electron chi connectivity index (χ2n) is 7.76. The molecule has 1 heterocycles. The van der Waals surface area contributed by atoms with Crippen LogP contribution in [0.5, 0.6) is 0 Å². The van der Waals surface area contributed by atoms with Gasteiger partial charge in [-0.1, -0.05) is 72.3 Å². The molecule has 0 unspecified atom stereocenters. The fraction of sp³-hybridized carbons (Fsp3) is 0.107. The molecule has 0 spiro atoms. The van der Waals surface area contributed by atoms with Gasteiger partial charge in [-0.3, -0.25) is 0 Å². The topological polar surface area (TPSA) is 28.7 Å². The quantitative estimate of drug-likeness (QED) is 0.316. The summed E-state index contributed by atoms with van der Waals surface area (Å²) >= 11 is 5.98. The Kier molecular flexibility index (Phi) is 6.07. The lowest BCUT2D eigenvalue weighted by atomic mass is 9.99. The summed E-state index contributed by atoms with van der Waals surface area (Å²) in [5, 5.41) is 10.5. The maximum atomic E-state index is 9.71. The number of allylic oxidation sites excluding steroid dienone is 1. The third kappa shape index (κ3) is 4.79. The van der Waals surface area contributed by atoms with Gasteiger partial charge in [0, 0.05) is 28.7 Å². The van der Waals surface area contributed by atoms with Gasteiger partial charge in [0.25, 0.3) is 0 Å². The van der Waals surface area contributed by atoms with Crippen LogP contribution in [0.3, 0.4) is 0 Å². The van der Waals surface area contributed by atoms with Crippen LogP contribution in [-0.4, -0.2) is 4.57 Å². The number of aromatic nitrogens is 1. The Morgan fingerprint density at radius 2 is 1.65 bits per heavy atom. The van der Waals surface area contributed by atoms with Crippen LogP contribution < -0.4 is 0 Å². The van der Waals surface area contributed by atoms with Gasteiger partial charge in [-0.2, -0.15) is 5.26 Å². The average molecular weight is 423 g/mol. The van der Waals surface area contributed by atoms with E-state index >= 15 is 0 Å². The van der Waals surface area contributed by atoms with Crippen LogP contribution >= 0.6 is 11.6 Å². The number of hydrogen-bond donors (Lipinski definition) is 0. The van der Waals surface area contributed by atoms with Gasteiger partial charge in [-0.25, -0.2) is 0 Å². The Balaban J connectivity index is 1.59. The minimum atomic E-state index is 0.666. The largest absolute Gasteiger partial charge is 0.322 e. The standard InChI is InChI=1S/C28H23ClN2/c1-20(2)23-10-14-27(15-11-23)31-18-25(17-30)28(19-31)24-5-3-4-22(16-24)7-6-21-8-12-26(29)13-9-21/h3-5,8-16,18-19H,1,6-7H2,2H3. The molecule has 152 valence electrons. The van der Waals surface area contributed by atoms with Gasteiger partial charge in [-0.15, -0.1) is 0 Å². The predicted octanol–water partition coefficient (Wildman–Crippen LogP) is 7.49. The van der Waals surface area contributed by atoms with Crippen molar-refractivity contribution in [1.29, 1.82) is 5.26 Å². The van der Waals surface area contributed by atoms with E-state index in [0.717, 1.165) is 45.8 Å². The second kappa shape index (κ2) is 9.08. The maximum Gasteiger partial charge on any atom is 0.101 e. The van der Waals surface area contributed by atoms with E-state index in [1.54, 1.807) is 0 Å². The van der Waals surface area contributed by atoms with E-state index in [2.05, 4.69) is 73.3 Å². The Morgan fingerprint density at radius 1 is 0.935 bits per heavy atom. The van der Waals surface area contributed by atoms with Crippen molar-refractivity contribution in [3.05, 3.63) is 119 Å². The summed E-state index contributed by atoms with van der Waals surface area (Å²) in [5.74, 6) is 0. The van der Waals surface area contributed by atoms with Gasteiger partial charge in [0.15, 0.2) is 0 Å². The van der Waals surface area contributed by atoms with E-state index in [4.69, 9.17) is 11.6 Å². The highest BCUT2D eigenvalue weighted by Gasteiger charge is 2.11. The zero-order valence-electron chi connectivity index (χ0n) is 17.5. The van der Waals surface area contributed by atoms with E-state index in [1.165, 1.54) is 11.1 Å². The maximum absolute atomic E-state index is 9.71. The first-order chi connectivity index (χ1) is 15.0. The Labute approximate surface area is 188 Å². The fourth-order valence-electron chi connectivity index (χ4n) is 3.67. The average Bonchev–Trinajstić information content (AvgIpc) is 3.23. The molecule has 0 aliphatic rings. The monoisotopic (exact) mass is 422 g/mol. The normalized spacial score (nSPS) is 10.6. The molecule has 0 aliphatic carbocycles. The summed E-state index contributed by atoms with van der Waals surface area (Å²) in [6, 6.07) is 27.0. The van der Waals surface area contributed by atoms with Crippen LogP contribution in [0.2, 0.25) is 5.02 Å². The van der Waals surface area contributed by atoms with Crippen LogP contribution in [0.25, 0.3) is 22.4 Å². The van der Waals surface area contributed by atoms with Gasteiger partial charge < -0.3 is 4.57 Å². The van der Waals surface area contributed by atoms with Crippen LogP contribution in [0.4, 0.5) is 0 Å². The van der Waals surface area contributed by atoms with Gasteiger partial charge in [-0.05, 0) is 66.3 Å². The molecular formula is C28H23ClN2. The minimum Gasteiger partial charge on any atom is -0.322 e. The van der Waals surface area contributed by atoms with Crippen molar-refractivity contribution in [2.24, 2.45) is 0 Å². The zero-order valence-corrected chi connectivity index (χ0v) is 18.2. The molecule has 0 bridgehead atoms. The summed E-state index contributed by atoms with van der Waals surface area (Å²) in [6.45, 7) is 5.99. The number of hydrogen-bond acceptors (Lipinski definition) is 1. The molecule has 3 aromatic carbocycles. The number of nitrogens with zero attached hydrogens (tertiary/aromatic N) is 2. The fourth-order valence-corrected chi connectivity index (χ4v) is 3.80. The lowest BCUT2D eigenvalue weighted by molar-refractivity contribution is 0.961. The first-order valence-electron chi connectivity index (χ1n) is 10.3. The molecule has 4 aromatic rings. The molecule has 0 N–H and O–H groups in total. The summed E-state index contributed by atoms with van der Waals surface area (Å²) in [7, 11) is 0. The van der Waals surface area contributed by atoms with Crippen molar-refractivity contribution in [2.45, 2.75) is 19.8 Å². The first-order valence-corrected chi connectivity index (χ1v) is 10.6. The summed E-state index contributed by atoms with van der Waals surface area (Å²) < 4.78 is 2.01. The molecule has 3 heteroatoms. The van der Waals surface area contributed by atoms with Crippen LogP contribution in [0, 0.1) is 11.3 Å². The summed E-state index contributed by atoms with van der Waals surface area (Å²) in [5.41, 5.74) is 8.34. The SMILES string of the molecule is C=C(C)c1ccc(-n2cc(C#N)c(-c3cccc(CCc4ccc(Cl)cc4)c3)c2)cc1. The van der Waals surface area contributed by atoms with E-state index < -0.39 is 0 Å². The number of benzene rings is 3. The Hall–Kier alpha value is -3.54. The number of nitriles is 1. The summed E-state index contributed by atoms with van der Waals surface area (Å²) in [6.07, 6.45) is 5.81. The number of rotatable bonds is 6. The smallest absolute Gasteiger partial charge is 0.101 e. The highest BCUT2D eigenvalue weighted by Crippen LogP contribution is 2.28. The third-order valence-electron chi connectivity index (χ3n) is 5.46. The van der Waals surface area contributed by atoms with Crippen molar-refractivity contribution < 1.29 is 0 Å². The van der Waals surface area contributed by atoms with Crippen molar-refractivity contribution in [3.63, 3.8) is 0 Å². The van der Waals surface area contributed by atoms with Crippen molar-refractivity contribution >= 4 is 17.2 Å². The van der Waals surface area contributed by atoms with Crippen molar-refractivity contribution in [1.82, 2.24) is 4.57 Å². The van der Waals surface area contributed by atoms with E-state index in [-0.39, 0.29) is 0 Å². The second-order valence-corrected chi connectivity index (χ2v) is 8.20. The van der Waals surface area contributed by atoms with Crippen molar-refractivity contribution in [3.8, 4) is 22.9 Å². The van der Waals surface area contributed by atoms with Gasteiger partial charge in [0.05, 0.1) is 5.56 Å². The lowest BCUT2D eigenvalue weighted by Gasteiger charge is -2.06. The number of halogens is 1. The van der Waals surface area contributed by atoms with Crippen LogP contribution in [0.1, 0.15) is 29.2 Å². The molecule has 0 amide bonds. The van der Waals surface area contributed by atoms with Gasteiger partial charge in [0.1, 0.15) is 6.07 Å². The van der Waals surface area contributed by atoms with E-state index in [0.29, 0.717) is 5.56 Å². The third-order valence-corrected chi connectivity index (χ3v) is 5.71. The zero-order chi connectivity index (χ0) is 21.8. The molecule has 0 atom stereocenters. The summed E-state index contributed by atoms with van der Waals surface area (Å²) in [4.78, 5) is 0. The van der Waals surface area contributed by atoms with Gasteiger partial charge in [0.2, 0.25) is 0 Å². The molecule has 1 aromatic heterocycles. The van der Waals surface area contributed by atoms with E-state index in [9.17, 15) is 5.26 Å². The van der Waals surface area contributed by atoms with Crippen molar-refractivity contribution in [2.75, 3.05) is 0 Å². The number of aryl methyl sites for hydroxylation is 2. The minimum absolute atomic E-state index is 0.666. The molecule has 0 saturated carbocycles. The Morgan fingerprint density at radius 3 is 2.32 bits per heavy atom. The van der Waals surface area contributed by atoms with Crippen LogP contribution in [-0.2, 0) is 12.8 Å². The molecule has 0 aliphatic heterocycles. The van der Waals surface area contributed by atoms with Gasteiger partial charge >= 0.3 is 0 Å². The predicted molar refractivity (Wildman–Crippen MR) is 129 cm³/mol. The van der Waals surface area contributed by atoms with E-state index in [1.807, 2.05) is 36.0 Å². The molecule has 31 heavy (non-hydrogen) atoms. The Bertz CT molecular complexity index is 1260. The molecule has 0 fully saturated rings. The molecule has 4 rings (SSSR count). The molecule has 0 saturated heterocycles. The first kappa shape index (κ1) is 20.7. The molecular weight excluding hydrogens is 400 g/mol. The lowest BCUT2D eigenvalue weighted by Crippen LogP contribution is -1.92. The van der Waals surface area contributed by atoms with Crippen LogP contribution in [0.15, 0.2) is 91.8 Å².